The van der Waals surface area contributed by atoms with Crippen LogP contribution in [0.25, 0.3) is 55.7 Å². The molecular weight excluding hydrogens is 492 g/mol. The minimum atomic E-state index is -2.61. The van der Waals surface area contributed by atoms with Gasteiger partial charge in [0.15, 0.2) is 0 Å². The monoisotopic (exact) mass is 513 g/mol. The molecule has 0 radical (unpaired) electrons. The molecule has 184 valence electrons. The molecule has 7 heterocycles. The number of thiophene rings is 1. The third-order valence-corrected chi connectivity index (χ3v) is 7.47. The lowest BCUT2D eigenvalue weighted by molar-refractivity contribution is 0.0115. The topological polar surface area (TPSA) is 86.4 Å². The first kappa shape index (κ1) is 22.2. The lowest BCUT2D eigenvalue weighted by Gasteiger charge is -2.15. The Kier molecular flexibility index (Phi) is 5.12. The molecule has 0 saturated carbocycles. The van der Waals surface area contributed by atoms with Gasteiger partial charge in [0.25, 0.3) is 5.92 Å². The van der Waals surface area contributed by atoms with Crippen molar-refractivity contribution in [1.82, 2.24) is 35.0 Å². The molecule has 1 aliphatic heterocycles. The summed E-state index contributed by atoms with van der Waals surface area (Å²) in [7, 11) is 0. The van der Waals surface area contributed by atoms with E-state index < -0.39 is 5.92 Å². The molecule has 10 heteroatoms. The van der Waals surface area contributed by atoms with Crippen LogP contribution >= 0.6 is 11.3 Å². The fraction of sp³-hybridized carbons (Fsp3) is 0.185. The Morgan fingerprint density at radius 2 is 1.89 bits per heavy atom. The fourth-order valence-corrected chi connectivity index (χ4v) is 5.65. The number of nitrogens with one attached hydrogen (secondary N) is 2. The molecule has 6 aromatic rings. The van der Waals surface area contributed by atoms with Gasteiger partial charge in [-0.15, -0.1) is 0 Å². The Morgan fingerprint density at radius 1 is 0.973 bits per heavy atom. The summed E-state index contributed by atoms with van der Waals surface area (Å²) in [5.41, 5.74) is 7.95. The molecule has 37 heavy (non-hydrogen) atoms. The number of aromatic amines is 2. The molecule has 1 aliphatic rings. The van der Waals surface area contributed by atoms with E-state index in [0.717, 1.165) is 61.3 Å². The number of pyridine rings is 3. The number of nitrogens with zero attached hydrogens (tertiary/aromatic N) is 5. The van der Waals surface area contributed by atoms with Gasteiger partial charge >= 0.3 is 0 Å². The first-order valence-corrected chi connectivity index (χ1v) is 12.9. The van der Waals surface area contributed by atoms with E-state index in [4.69, 9.17) is 0 Å². The van der Waals surface area contributed by atoms with E-state index in [1.807, 2.05) is 29.8 Å². The van der Waals surface area contributed by atoms with E-state index in [-0.39, 0.29) is 13.0 Å². The summed E-state index contributed by atoms with van der Waals surface area (Å²) in [6.45, 7) is 0.604. The predicted molar refractivity (Wildman–Crippen MR) is 140 cm³/mol. The SMILES string of the molecule is FC1(F)CCN(Cc2cncc(-c3cc4c(-c5cc6c(-c7ccsc7)nccc6[nH]5)n[nH]c4cn3)c2)C1. The molecule has 0 aliphatic carbocycles. The highest BCUT2D eigenvalue weighted by Gasteiger charge is 2.37. The van der Waals surface area contributed by atoms with Crippen molar-refractivity contribution in [3.63, 3.8) is 0 Å². The van der Waals surface area contributed by atoms with E-state index in [2.05, 4.69) is 47.6 Å². The van der Waals surface area contributed by atoms with Gasteiger partial charge < -0.3 is 4.98 Å². The Morgan fingerprint density at radius 3 is 2.73 bits per heavy atom. The zero-order chi connectivity index (χ0) is 25.0. The van der Waals surface area contributed by atoms with Gasteiger partial charge in [-0.05, 0) is 41.3 Å². The largest absolute Gasteiger partial charge is 0.353 e. The lowest BCUT2D eigenvalue weighted by atomic mass is 10.1. The van der Waals surface area contributed by atoms with Gasteiger partial charge in [-0.2, -0.15) is 16.4 Å². The first-order chi connectivity index (χ1) is 18.0. The van der Waals surface area contributed by atoms with E-state index >= 15 is 0 Å². The number of fused-ring (bicyclic) bond motifs is 2. The maximum absolute atomic E-state index is 13.6. The second-order valence-electron chi connectivity index (χ2n) is 9.40. The van der Waals surface area contributed by atoms with Gasteiger partial charge in [0.1, 0.15) is 5.69 Å². The zero-order valence-corrected chi connectivity index (χ0v) is 20.4. The lowest BCUT2D eigenvalue weighted by Crippen LogP contribution is -2.24. The number of alkyl halides is 2. The van der Waals surface area contributed by atoms with Crippen molar-refractivity contribution in [2.75, 3.05) is 13.1 Å². The average molecular weight is 514 g/mol. The molecule has 0 aromatic carbocycles. The standard InChI is InChI=1S/C27H21F2N7S/c28-27(29)3-5-36(15-27)13-16-7-18(11-30-10-16)22-8-20-24(12-32-22)34-35-26(20)23-9-19-21(33-23)1-4-31-25(19)17-2-6-37-14-17/h1-2,4,6-12,14,33H,3,5,13,15H2,(H,34,35). The maximum atomic E-state index is 13.6. The number of H-pyrrole nitrogens is 2. The van der Waals surface area contributed by atoms with Crippen molar-refractivity contribution in [1.29, 1.82) is 0 Å². The molecule has 0 amide bonds. The van der Waals surface area contributed by atoms with Gasteiger partial charge in [-0.1, -0.05) is 0 Å². The maximum Gasteiger partial charge on any atom is 0.261 e. The van der Waals surface area contributed by atoms with Crippen LogP contribution in [0.15, 0.2) is 65.9 Å². The van der Waals surface area contributed by atoms with Crippen molar-refractivity contribution in [2.24, 2.45) is 0 Å². The minimum absolute atomic E-state index is 0.0970. The van der Waals surface area contributed by atoms with E-state index in [1.54, 1.807) is 34.8 Å². The molecule has 0 atom stereocenters. The van der Waals surface area contributed by atoms with Crippen molar-refractivity contribution in [2.45, 2.75) is 18.9 Å². The summed E-state index contributed by atoms with van der Waals surface area (Å²) in [5.74, 6) is -2.61. The highest BCUT2D eigenvalue weighted by atomic mass is 32.1. The van der Waals surface area contributed by atoms with Crippen LogP contribution in [0.1, 0.15) is 12.0 Å². The first-order valence-electron chi connectivity index (χ1n) is 11.9. The van der Waals surface area contributed by atoms with Gasteiger partial charge in [-0.25, -0.2) is 8.78 Å². The van der Waals surface area contributed by atoms with Gasteiger partial charge in [0.05, 0.1) is 35.3 Å². The smallest absolute Gasteiger partial charge is 0.261 e. The Labute approximate surface area is 214 Å². The molecule has 1 saturated heterocycles. The molecule has 2 N–H and O–H groups in total. The second kappa shape index (κ2) is 8.53. The molecule has 0 spiro atoms. The number of hydrogen-bond acceptors (Lipinski definition) is 6. The third-order valence-electron chi connectivity index (χ3n) is 6.79. The van der Waals surface area contributed by atoms with Crippen LogP contribution in [-0.2, 0) is 6.54 Å². The summed E-state index contributed by atoms with van der Waals surface area (Å²) in [6.07, 6.45) is 6.95. The number of rotatable bonds is 5. The van der Waals surface area contributed by atoms with E-state index in [0.29, 0.717) is 13.1 Å². The Balaban J connectivity index is 1.24. The predicted octanol–water partition coefficient (Wildman–Crippen LogP) is 6.13. The van der Waals surface area contributed by atoms with E-state index in [9.17, 15) is 8.78 Å². The van der Waals surface area contributed by atoms with Crippen LogP contribution in [0.4, 0.5) is 8.78 Å². The highest BCUT2D eigenvalue weighted by molar-refractivity contribution is 7.08. The van der Waals surface area contributed by atoms with Crippen LogP contribution in [0.2, 0.25) is 0 Å². The Hall–Kier alpha value is -4.02. The molecular formula is C27H21F2N7S. The third kappa shape index (κ3) is 4.08. The molecule has 7 nitrogen and oxygen atoms in total. The number of hydrogen-bond donors (Lipinski definition) is 2. The fourth-order valence-electron chi connectivity index (χ4n) is 5.00. The second-order valence-corrected chi connectivity index (χ2v) is 10.2. The number of likely N-dealkylation sites (tertiary alicyclic amines) is 1. The van der Waals surface area contributed by atoms with Crippen LogP contribution in [-0.4, -0.2) is 54.0 Å². The number of halogens is 2. The highest BCUT2D eigenvalue weighted by Crippen LogP contribution is 2.34. The summed E-state index contributed by atoms with van der Waals surface area (Å²) >= 11 is 1.64. The molecule has 6 aromatic heterocycles. The molecule has 1 fully saturated rings. The number of aromatic nitrogens is 6. The Bertz CT molecular complexity index is 1740. The van der Waals surface area contributed by atoms with Crippen molar-refractivity contribution in [3.8, 4) is 33.9 Å². The van der Waals surface area contributed by atoms with Crippen molar-refractivity contribution >= 4 is 33.1 Å². The normalized spacial score (nSPS) is 15.7. The molecule has 0 bridgehead atoms. The summed E-state index contributed by atoms with van der Waals surface area (Å²) in [4.78, 5) is 18.8. The summed E-state index contributed by atoms with van der Waals surface area (Å²) in [6, 6.07) is 10.1. The van der Waals surface area contributed by atoms with E-state index in [1.165, 1.54) is 0 Å². The van der Waals surface area contributed by atoms with Crippen molar-refractivity contribution < 1.29 is 8.78 Å². The average Bonchev–Trinajstić information content (AvgIpc) is 3.69. The van der Waals surface area contributed by atoms with Crippen molar-refractivity contribution in [3.05, 3.63) is 71.4 Å². The van der Waals surface area contributed by atoms with Gasteiger partial charge in [0.2, 0.25) is 0 Å². The summed E-state index contributed by atoms with van der Waals surface area (Å²) in [5, 5.41) is 13.8. The van der Waals surface area contributed by atoms with Crippen LogP contribution < -0.4 is 0 Å². The quantitative estimate of drug-likeness (QED) is 0.290. The van der Waals surface area contributed by atoms with Gasteiger partial charge in [0, 0.05) is 70.9 Å². The summed E-state index contributed by atoms with van der Waals surface area (Å²) < 4.78 is 27.2. The van der Waals surface area contributed by atoms with Gasteiger partial charge in [-0.3, -0.25) is 25.0 Å². The molecule has 7 rings (SSSR count). The molecule has 0 unspecified atom stereocenters. The zero-order valence-electron chi connectivity index (χ0n) is 19.6. The van der Waals surface area contributed by atoms with Crippen LogP contribution in [0.3, 0.4) is 0 Å². The minimum Gasteiger partial charge on any atom is -0.353 e. The van der Waals surface area contributed by atoms with Crippen LogP contribution in [0, 0.1) is 0 Å². The van der Waals surface area contributed by atoms with Crippen LogP contribution in [0.5, 0.6) is 0 Å².